The maximum atomic E-state index is 13.2. The predicted molar refractivity (Wildman–Crippen MR) is 145 cm³/mol. The molecule has 9 heteroatoms. The van der Waals surface area contributed by atoms with E-state index in [4.69, 9.17) is 9.72 Å². The topological polar surface area (TPSA) is 96.5 Å². The number of methoxy groups -OCH3 is 1. The van der Waals surface area contributed by atoms with Crippen LogP contribution in [-0.2, 0) is 15.4 Å². The third-order valence-corrected chi connectivity index (χ3v) is 7.64. The molecular formula is C27H35N5O3S. The molecule has 1 aliphatic rings. The van der Waals surface area contributed by atoms with Gasteiger partial charge in [0.1, 0.15) is 16.5 Å². The lowest BCUT2D eigenvalue weighted by molar-refractivity contribution is 0.402. The normalized spacial score (nSPS) is 14.4. The zero-order valence-corrected chi connectivity index (χ0v) is 22.4. The molecule has 1 saturated heterocycles. The molecule has 8 nitrogen and oxygen atoms in total. The lowest BCUT2D eigenvalue weighted by Gasteiger charge is -2.28. The maximum absolute atomic E-state index is 13.2. The Morgan fingerprint density at radius 2 is 1.58 bits per heavy atom. The van der Waals surface area contributed by atoms with Gasteiger partial charge in [0.05, 0.1) is 7.11 Å². The second kappa shape index (κ2) is 10.3. The standard InChI is InChI=1S/C27H35N5O3S/c1-19-17-25(32-15-7-6-8-16-32)30-26(28-19)29-21-10-12-22(13-11-21)31-36(33,34)24-18-20(27(2,3)4)9-14-23(24)35-5/h9-14,17-18,31H,6-8,15-16H2,1-5H3,(H,28,29,30). The number of nitrogens with zero attached hydrogens (tertiary/aromatic N) is 3. The van der Waals surface area contributed by atoms with E-state index in [1.165, 1.54) is 26.4 Å². The van der Waals surface area contributed by atoms with E-state index in [1.807, 2.05) is 39.8 Å². The third kappa shape index (κ3) is 6.07. The van der Waals surface area contributed by atoms with Crippen LogP contribution in [0.15, 0.2) is 53.4 Å². The Balaban J connectivity index is 1.51. The van der Waals surface area contributed by atoms with E-state index in [1.54, 1.807) is 36.4 Å². The smallest absolute Gasteiger partial charge is 0.265 e. The molecule has 2 aromatic carbocycles. The Labute approximate surface area is 214 Å². The van der Waals surface area contributed by atoms with Crippen LogP contribution in [0.2, 0.25) is 0 Å². The second-order valence-electron chi connectivity index (χ2n) is 10.2. The van der Waals surface area contributed by atoms with Crippen molar-refractivity contribution in [2.45, 2.75) is 57.3 Å². The van der Waals surface area contributed by atoms with E-state index in [0.29, 0.717) is 17.4 Å². The summed E-state index contributed by atoms with van der Waals surface area (Å²) in [4.78, 5) is 11.6. The SMILES string of the molecule is COc1ccc(C(C)(C)C)cc1S(=O)(=O)Nc1ccc(Nc2nc(C)cc(N3CCCCC3)n2)cc1. The molecule has 3 aromatic rings. The molecule has 0 aliphatic carbocycles. The van der Waals surface area contributed by atoms with E-state index in [2.05, 4.69) is 19.9 Å². The van der Waals surface area contributed by atoms with Gasteiger partial charge in [-0.25, -0.2) is 13.4 Å². The number of aromatic nitrogens is 2. The van der Waals surface area contributed by atoms with Gasteiger partial charge in [-0.05, 0) is 73.6 Å². The summed E-state index contributed by atoms with van der Waals surface area (Å²) in [6.07, 6.45) is 3.61. The summed E-state index contributed by atoms with van der Waals surface area (Å²) < 4.78 is 34.5. The summed E-state index contributed by atoms with van der Waals surface area (Å²) in [7, 11) is -2.39. The van der Waals surface area contributed by atoms with Crippen molar-refractivity contribution < 1.29 is 13.2 Å². The summed E-state index contributed by atoms with van der Waals surface area (Å²) in [5.41, 5.74) is 2.81. The molecule has 0 spiro atoms. The first-order valence-electron chi connectivity index (χ1n) is 12.2. The number of hydrogen-bond donors (Lipinski definition) is 2. The third-order valence-electron chi connectivity index (χ3n) is 6.23. The van der Waals surface area contributed by atoms with Gasteiger partial charge in [0.15, 0.2) is 0 Å². The summed E-state index contributed by atoms with van der Waals surface area (Å²) in [6.45, 7) is 10.1. The molecule has 2 N–H and O–H groups in total. The highest BCUT2D eigenvalue weighted by Gasteiger charge is 2.24. The van der Waals surface area contributed by atoms with Gasteiger partial charge in [0, 0.05) is 36.2 Å². The number of piperidine rings is 1. The number of ether oxygens (including phenoxy) is 1. The van der Waals surface area contributed by atoms with Gasteiger partial charge in [-0.1, -0.05) is 26.8 Å². The zero-order valence-electron chi connectivity index (χ0n) is 21.6. The Bertz CT molecular complexity index is 1310. The number of sulfonamides is 1. The fourth-order valence-electron chi connectivity index (χ4n) is 4.21. The van der Waals surface area contributed by atoms with Crippen LogP contribution in [0.5, 0.6) is 5.75 Å². The average Bonchev–Trinajstić information content (AvgIpc) is 2.84. The fraction of sp³-hybridized carbons (Fsp3) is 0.407. The second-order valence-corrected chi connectivity index (χ2v) is 11.8. The molecule has 0 saturated carbocycles. The Morgan fingerprint density at radius 1 is 0.917 bits per heavy atom. The number of hydrogen-bond acceptors (Lipinski definition) is 7. The summed E-state index contributed by atoms with van der Waals surface area (Å²) in [6, 6.07) is 14.3. The number of rotatable bonds is 7. The molecule has 2 heterocycles. The lowest BCUT2D eigenvalue weighted by atomic mass is 9.87. The van der Waals surface area contributed by atoms with Crippen molar-refractivity contribution in [2.24, 2.45) is 0 Å². The van der Waals surface area contributed by atoms with Crippen LogP contribution in [0.1, 0.15) is 51.3 Å². The number of anilines is 4. The molecule has 192 valence electrons. The van der Waals surface area contributed by atoms with Crippen LogP contribution in [0.4, 0.5) is 23.1 Å². The van der Waals surface area contributed by atoms with Crippen molar-refractivity contribution in [3.8, 4) is 5.75 Å². The highest BCUT2D eigenvalue weighted by molar-refractivity contribution is 7.92. The molecule has 1 aliphatic heterocycles. The summed E-state index contributed by atoms with van der Waals surface area (Å²) in [5, 5.41) is 3.24. The minimum atomic E-state index is -3.86. The predicted octanol–water partition coefficient (Wildman–Crippen LogP) is 5.63. The molecule has 36 heavy (non-hydrogen) atoms. The summed E-state index contributed by atoms with van der Waals surface area (Å²) in [5.74, 6) is 1.75. The van der Waals surface area contributed by atoms with Crippen LogP contribution < -0.4 is 19.7 Å². The van der Waals surface area contributed by atoms with Crippen LogP contribution in [0, 0.1) is 6.92 Å². The molecular weight excluding hydrogens is 474 g/mol. The maximum Gasteiger partial charge on any atom is 0.265 e. The Hall–Kier alpha value is -3.33. The molecule has 0 amide bonds. The van der Waals surface area contributed by atoms with Gasteiger partial charge >= 0.3 is 0 Å². The molecule has 0 bridgehead atoms. The highest BCUT2D eigenvalue weighted by atomic mass is 32.2. The van der Waals surface area contributed by atoms with Gasteiger partial charge in [0.2, 0.25) is 5.95 Å². The van der Waals surface area contributed by atoms with Crippen LogP contribution in [0.3, 0.4) is 0 Å². The van der Waals surface area contributed by atoms with Crippen molar-refractivity contribution in [1.82, 2.24) is 9.97 Å². The van der Waals surface area contributed by atoms with Crippen molar-refractivity contribution in [2.75, 3.05) is 35.1 Å². The van der Waals surface area contributed by atoms with Gasteiger partial charge < -0.3 is 15.0 Å². The minimum absolute atomic E-state index is 0.109. The molecule has 1 aromatic heterocycles. The van der Waals surface area contributed by atoms with Crippen molar-refractivity contribution >= 4 is 33.2 Å². The monoisotopic (exact) mass is 509 g/mol. The number of benzene rings is 2. The van der Waals surface area contributed by atoms with Crippen LogP contribution >= 0.6 is 0 Å². The lowest BCUT2D eigenvalue weighted by Crippen LogP contribution is -2.30. The molecule has 0 unspecified atom stereocenters. The van der Waals surface area contributed by atoms with Gasteiger partial charge in [0.25, 0.3) is 10.0 Å². The highest BCUT2D eigenvalue weighted by Crippen LogP contribution is 2.32. The van der Waals surface area contributed by atoms with Crippen molar-refractivity contribution in [3.05, 3.63) is 59.8 Å². The van der Waals surface area contributed by atoms with Gasteiger partial charge in [-0.15, -0.1) is 0 Å². The average molecular weight is 510 g/mol. The van der Waals surface area contributed by atoms with E-state index in [9.17, 15) is 8.42 Å². The Morgan fingerprint density at radius 3 is 2.22 bits per heavy atom. The quantitative estimate of drug-likeness (QED) is 0.426. The van der Waals surface area contributed by atoms with Crippen LogP contribution in [-0.4, -0.2) is 38.6 Å². The van der Waals surface area contributed by atoms with E-state index in [-0.39, 0.29) is 10.3 Å². The summed E-state index contributed by atoms with van der Waals surface area (Å²) >= 11 is 0. The van der Waals surface area contributed by atoms with Crippen LogP contribution in [0.25, 0.3) is 0 Å². The molecule has 1 fully saturated rings. The Kier molecular flexibility index (Phi) is 7.40. The van der Waals surface area contributed by atoms with E-state index >= 15 is 0 Å². The molecule has 0 atom stereocenters. The number of nitrogens with one attached hydrogen (secondary N) is 2. The molecule has 4 rings (SSSR count). The first-order valence-corrected chi connectivity index (χ1v) is 13.7. The first kappa shape index (κ1) is 25.8. The minimum Gasteiger partial charge on any atom is -0.495 e. The van der Waals surface area contributed by atoms with Gasteiger partial charge in [-0.2, -0.15) is 4.98 Å². The van der Waals surface area contributed by atoms with E-state index in [0.717, 1.165) is 35.9 Å². The first-order chi connectivity index (χ1) is 17.0. The largest absolute Gasteiger partial charge is 0.495 e. The fourth-order valence-corrected chi connectivity index (χ4v) is 5.46. The van der Waals surface area contributed by atoms with Crippen molar-refractivity contribution in [1.29, 1.82) is 0 Å². The van der Waals surface area contributed by atoms with Crippen molar-refractivity contribution in [3.63, 3.8) is 0 Å². The van der Waals surface area contributed by atoms with E-state index < -0.39 is 10.0 Å². The van der Waals surface area contributed by atoms with Gasteiger partial charge in [-0.3, -0.25) is 4.72 Å². The zero-order chi connectivity index (χ0) is 25.9. The number of aryl methyl sites for hydroxylation is 1. The molecule has 0 radical (unpaired) electrons.